The van der Waals surface area contributed by atoms with Crippen LogP contribution in [-0.4, -0.2) is 49.2 Å². The van der Waals surface area contributed by atoms with Crippen molar-refractivity contribution in [2.75, 3.05) is 7.05 Å². The summed E-state index contributed by atoms with van der Waals surface area (Å²) >= 11 is 0. The molecule has 212 valence electrons. The van der Waals surface area contributed by atoms with Gasteiger partial charge in [0.25, 0.3) is 0 Å². The molecular formula is C31H48N2O5. The van der Waals surface area contributed by atoms with Gasteiger partial charge in [-0.2, -0.15) is 0 Å². The van der Waals surface area contributed by atoms with Gasteiger partial charge < -0.3 is 20.1 Å². The summed E-state index contributed by atoms with van der Waals surface area (Å²) in [6.45, 7) is 13.5. The van der Waals surface area contributed by atoms with E-state index in [0.29, 0.717) is 35.8 Å². The van der Waals surface area contributed by atoms with Crippen molar-refractivity contribution in [2.24, 2.45) is 34.5 Å². The molecule has 0 aromatic rings. The van der Waals surface area contributed by atoms with E-state index in [9.17, 15) is 14.4 Å². The molecule has 2 N–H and O–H groups in total. The molecule has 4 aliphatic rings. The first-order valence-corrected chi connectivity index (χ1v) is 14.5. The molecular weight excluding hydrogens is 480 g/mol. The number of ether oxygens (including phenoxy) is 2. The second-order valence-corrected chi connectivity index (χ2v) is 12.8. The van der Waals surface area contributed by atoms with Crippen LogP contribution in [0.5, 0.6) is 0 Å². The second kappa shape index (κ2) is 10.8. The van der Waals surface area contributed by atoms with E-state index in [1.54, 1.807) is 18.6 Å². The zero-order chi connectivity index (χ0) is 28.0. The molecule has 7 nitrogen and oxygen atoms in total. The quantitative estimate of drug-likeness (QED) is 0.295. The highest BCUT2D eigenvalue weighted by atomic mass is 16.6. The number of nitrogens with one attached hydrogen (secondary N) is 2. The van der Waals surface area contributed by atoms with Gasteiger partial charge in [-0.05, 0) is 94.9 Å². The van der Waals surface area contributed by atoms with Crippen molar-refractivity contribution in [3.8, 4) is 0 Å². The Balaban J connectivity index is 1.69. The van der Waals surface area contributed by atoms with Crippen molar-refractivity contribution in [3.05, 3.63) is 23.3 Å². The van der Waals surface area contributed by atoms with E-state index in [1.165, 1.54) is 13.8 Å². The Bertz CT molecular complexity index is 1020. The molecule has 0 heterocycles. The number of fused-ring (bicyclic) bond motifs is 5. The molecule has 1 amide bonds. The minimum absolute atomic E-state index is 0.0880. The third-order valence-electron chi connectivity index (χ3n) is 11.0. The SMILES string of the molecule is C/C=C(\C)C(=O)N[C@@H]1[C@H](OC(C)=O)[C@@H]2CC[C@@H]3[C@H](CC[C@]4(C)C([C@H](C)NC)=CC[C@@H]34)[C@@]2(C)C[C@@H]1OC(C)=O. The Kier molecular flexibility index (Phi) is 8.19. The number of amides is 1. The predicted molar refractivity (Wildman–Crippen MR) is 147 cm³/mol. The van der Waals surface area contributed by atoms with Gasteiger partial charge in [0.1, 0.15) is 18.2 Å². The monoisotopic (exact) mass is 528 g/mol. The van der Waals surface area contributed by atoms with E-state index in [1.807, 2.05) is 14.0 Å². The van der Waals surface area contributed by atoms with Gasteiger partial charge in [-0.1, -0.05) is 31.6 Å². The summed E-state index contributed by atoms with van der Waals surface area (Å²) in [5.41, 5.74) is 2.17. The Morgan fingerprint density at radius 1 is 1.03 bits per heavy atom. The lowest BCUT2D eigenvalue weighted by molar-refractivity contribution is -0.202. The van der Waals surface area contributed by atoms with E-state index in [0.717, 1.165) is 32.1 Å². The van der Waals surface area contributed by atoms with Gasteiger partial charge in [0.15, 0.2) is 0 Å². The fraction of sp³-hybridized carbons (Fsp3) is 0.774. The molecule has 4 aliphatic carbocycles. The number of likely N-dealkylation sites (N-methyl/N-ethyl adjacent to an activating group) is 1. The standard InChI is InChI=1S/C31H48N2O5/c1-9-17(2)29(36)33-27-26(37-19(4)34)16-31(7)24-14-15-30(6)22(18(3)32-8)12-13-23(30)21(24)10-11-25(31)28(27)38-20(5)35/h9,12,18,21,23-28,32H,10-11,13-16H2,1-8H3,(H,33,36)/b17-9+/t18-,21-,23-,24-,25-,26-,27-,28+,30+,31+/m0/s1. The molecule has 3 saturated carbocycles. The second-order valence-electron chi connectivity index (χ2n) is 12.8. The molecule has 0 aliphatic heterocycles. The normalized spacial score (nSPS) is 41.1. The van der Waals surface area contributed by atoms with Gasteiger partial charge in [-0.25, -0.2) is 0 Å². The van der Waals surface area contributed by atoms with Gasteiger partial charge in [0.2, 0.25) is 5.91 Å². The van der Waals surface area contributed by atoms with E-state index in [4.69, 9.17) is 9.47 Å². The Labute approximate surface area is 228 Å². The van der Waals surface area contributed by atoms with Gasteiger partial charge in [-0.3, -0.25) is 14.4 Å². The van der Waals surface area contributed by atoms with Crippen LogP contribution < -0.4 is 10.6 Å². The molecule has 0 bridgehead atoms. The summed E-state index contributed by atoms with van der Waals surface area (Å²) in [6, 6.07) is -0.209. The number of allylic oxidation sites excluding steroid dienone is 2. The topological polar surface area (TPSA) is 93.7 Å². The molecule has 7 heteroatoms. The van der Waals surface area contributed by atoms with Gasteiger partial charge in [0.05, 0.1) is 0 Å². The first-order valence-electron chi connectivity index (χ1n) is 14.5. The fourth-order valence-corrected chi connectivity index (χ4v) is 9.02. The number of carbonyl (C=O) groups excluding carboxylic acids is 3. The Morgan fingerprint density at radius 3 is 2.32 bits per heavy atom. The van der Waals surface area contributed by atoms with Crippen LogP contribution in [0.25, 0.3) is 0 Å². The number of hydrogen-bond acceptors (Lipinski definition) is 6. The summed E-state index contributed by atoms with van der Waals surface area (Å²) < 4.78 is 11.9. The van der Waals surface area contributed by atoms with Crippen molar-refractivity contribution < 1.29 is 23.9 Å². The van der Waals surface area contributed by atoms with Crippen LogP contribution in [0, 0.1) is 34.5 Å². The predicted octanol–water partition coefficient (Wildman–Crippen LogP) is 4.71. The highest BCUT2D eigenvalue weighted by Crippen LogP contribution is 2.67. The number of hydrogen-bond donors (Lipinski definition) is 2. The molecule has 0 saturated heterocycles. The summed E-state index contributed by atoms with van der Waals surface area (Å²) in [5, 5.41) is 6.56. The molecule has 0 unspecified atom stereocenters. The van der Waals surface area contributed by atoms with Gasteiger partial charge >= 0.3 is 11.9 Å². The Hall–Kier alpha value is -2.15. The van der Waals surface area contributed by atoms with Crippen LogP contribution >= 0.6 is 0 Å². The molecule has 10 atom stereocenters. The maximum atomic E-state index is 13.0. The maximum Gasteiger partial charge on any atom is 0.302 e. The number of esters is 2. The zero-order valence-corrected chi connectivity index (χ0v) is 24.6. The highest BCUT2D eigenvalue weighted by molar-refractivity contribution is 5.93. The lowest BCUT2D eigenvalue weighted by Crippen LogP contribution is -2.67. The summed E-state index contributed by atoms with van der Waals surface area (Å²) in [6.07, 6.45) is 9.18. The maximum absolute atomic E-state index is 13.0. The third-order valence-corrected chi connectivity index (χ3v) is 11.0. The van der Waals surface area contributed by atoms with E-state index < -0.39 is 18.2 Å². The summed E-state index contributed by atoms with van der Waals surface area (Å²) in [5.74, 6) is 0.730. The molecule has 4 rings (SSSR count). The minimum atomic E-state index is -0.579. The molecule has 3 fully saturated rings. The Morgan fingerprint density at radius 2 is 1.71 bits per heavy atom. The first-order chi connectivity index (χ1) is 17.9. The first kappa shape index (κ1) is 28.8. The molecule has 38 heavy (non-hydrogen) atoms. The van der Waals surface area contributed by atoms with Crippen LogP contribution in [0.2, 0.25) is 0 Å². The molecule has 0 spiro atoms. The summed E-state index contributed by atoms with van der Waals surface area (Å²) in [4.78, 5) is 37.6. The number of carbonyl (C=O) groups is 3. The summed E-state index contributed by atoms with van der Waals surface area (Å²) in [7, 11) is 2.04. The van der Waals surface area contributed by atoms with Crippen molar-refractivity contribution in [2.45, 2.75) is 111 Å². The van der Waals surface area contributed by atoms with Crippen molar-refractivity contribution >= 4 is 17.8 Å². The fourth-order valence-electron chi connectivity index (χ4n) is 9.02. The van der Waals surface area contributed by atoms with Gasteiger partial charge in [-0.15, -0.1) is 0 Å². The van der Waals surface area contributed by atoms with Crippen molar-refractivity contribution in [1.29, 1.82) is 0 Å². The average molecular weight is 529 g/mol. The highest BCUT2D eigenvalue weighted by Gasteiger charge is 2.63. The largest absolute Gasteiger partial charge is 0.460 e. The number of rotatable bonds is 6. The van der Waals surface area contributed by atoms with Crippen LogP contribution in [0.4, 0.5) is 0 Å². The lowest BCUT2D eigenvalue weighted by Gasteiger charge is -2.63. The molecule has 0 aromatic heterocycles. The van der Waals surface area contributed by atoms with Crippen molar-refractivity contribution in [1.82, 2.24) is 10.6 Å². The smallest absolute Gasteiger partial charge is 0.302 e. The molecule has 0 radical (unpaired) electrons. The van der Waals surface area contributed by atoms with Crippen LogP contribution in [0.1, 0.15) is 87.0 Å². The van der Waals surface area contributed by atoms with E-state index in [-0.39, 0.29) is 34.6 Å². The zero-order valence-electron chi connectivity index (χ0n) is 24.6. The third kappa shape index (κ3) is 4.84. The minimum Gasteiger partial charge on any atom is -0.460 e. The van der Waals surface area contributed by atoms with E-state index in [2.05, 4.69) is 37.5 Å². The molecule has 0 aromatic carbocycles. The van der Waals surface area contributed by atoms with Gasteiger partial charge in [0, 0.05) is 31.4 Å². The van der Waals surface area contributed by atoms with Crippen LogP contribution in [-0.2, 0) is 23.9 Å². The van der Waals surface area contributed by atoms with Crippen molar-refractivity contribution in [3.63, 3.8) is 0 Å². The van der Waals surface area contributed by atoms with Crippen LogP contribution in [0.3, 0.4) is 0 Å². The van der Waals surface area contributed by atoms with Crippen LogP contribution in [0.15, 0.2) is 23.3 Å². The lowest BCUT2D eigenvalue weighted by atomic mass is 9.43. The average Bonchev–Trinajstić information content (AvgIpc) is 3.21. The van der Waals surface area contributed by atoms with E-state index >= 15 is 0 Å².